The Balaban J connectivity index is 1.93. The van der Waals surface area contributed by atoms with Gasteiger partial charge in [0.25, 0.3) is 11.8 Å². The van der Waals surface area contributed by atoms with Crippen LogP contribution in [0.25, 0.3) is 10.9 Å². The van der Waals surface area contributed by atoms with Crippen LogP contribution < -0.4 is 9.64 Å². The second kappa shape index (κ2) is 5.67. The fraction of sp³-hybridized carbons (Fsp3) is 0.105. The lowest BCUT2D eigenvalue weighted by molar-refractivity contribution is 0.0926. The summed E-state index contributed by atoms with van der Waals surface area (Å²) in [6, 6.07) is 12.3. The van der Waals surface area contributed by atoms with Gasteiger partial charge in [0, 0.05) is 9.86 Å². The van der Waals surface area contributed by atoms with Crippen LogP contribution in [0.3, 0.4) is 0 Å². The van der Waals surface area contributed by atoms with E-state index in [0.717, 1.165) is 4.47 Å². The molecule has 2 amide bonds. The van der Waals surface area contributed by atoms with Crippen LogP contribution in [0.1, 0.15) is 26.4 Å². The Morgan fingerprint density at radius 2 is 1.68 bits per heavy atom. The number of hydrogen-bond donors (Lipinski definition) is 0. The summed E-state index contributed by atoms with van der Waals surface area (Å²) in [7, 11) is 1.57. The van der Waals surface area contributed by atoms with E-state index in [1.54, 1.807) is 38.3 Å². The fourth-order valence-electron chi connectivity index (χ4n) is 3.14. The van der Waals surface area contributed by atoms with Gasteiger partial charge in [-0.25, -0.2) is 4.90 Å². The number of carbonyl (C=O) groups excluding carboxylic acids is 2. The number of halogens is 1. The number of amides is 2. The van der Waals surface area contributed by atoms with Crippen LogP contribution in [0, 0.1) is 6.92 Å². The number of methoxy groups -OCH3 is 1. The van der Waals surface area contributed by atoms with Gasteiger partial charge in [-0.05, 0) is 53.2 Å². The molecule has 0 unspecified atom stereocenters. The van der Waals surface area contributed by atoms with Gasteiger partial charge >= 0.3 is 0 Å². The van der Waals surface area contributed by atoms with Crippen molar-refractivity contribution in [1.82, 2.24) is 4.98 Å². The Bertz CT molecular complexity index is 1040. The van der Waals surface area contributed by atoms with Crippen molar-refractivity contribution in [2.45, 2.75) is 6.92 Å². The molecule has 0 N–H and O–H groups in total. The van der Waals surface area contributed by atoms with E-state index in [9.17, 15) is 9.59 Å². The predicted molar refractivity (Wildman–Crippen MR) is 98.3 cm³/mol. The third kappa shape index (κ3) is 2.25. The van der Waals surface area contributed by atoms with Crippen molar-refractivity contribution in [2.24, 2.45) is 0 Å². The number of hydrogen-bond acceptors (Lipinski definition) is 4. The maximum atomic E-state index is 13.1. The van der Waals surface area contributed by atoms with Crippen molar-refractivity contribution in [3.05, 3.63) is 63.8 Å². The number of anilines is 1. The quantitative estimate of drug-likeness (QED) is 0.611. The number of imide groups is 1. The minimum atomic E-state index is -0.350. The molecule has 0 bridgehead atoms. The van der Waals surface area contributed by atoms with Gasteiger partial charge in [0.1, 0.15) is 5.75 Å². The van der Waals surface area contributed by atoms with Gasteiger partial charge in [0.05, 0.1) is 35.1 Å². The summed E-state index contributed by atoms with van der Waals surface area (Å²) in [6.45, 7) is 1.75. The lowest BCUT2D eigenvalue weighted by Crippen LogP contribution is -2.29. The molecule has 6 heteroatoms. The monoisotopic (exact) mass is 396 g/mol. The summed E-state index contributed by atoms with van der Waals surface area (Å²) in [5.74, 6) is -0.0246. The van der Waals surface area contributed by atoms with Crippen LogP contribution in [0.4, 0.5) is 5.69 Å². The van der Waals surface area contributed by atoms with Crippen molar-refractivity contribution in [2.75, 3.05) is 12.0 Å². The summed E-state index contributed by atoms with van der Waals surface area (Å²) in [5.41, 5.74) is 2.51. The highest BCUT2D eigenvalue weighted by Gasteiger charge is 2.40. The zero-order valence-corrected chi connectivity index (χ0v) is 15.1. The molecule has 2 aromatic carbocycles. The van der Waals surface area contributed by atoms with Crippen molar-refractivity contribution in [1.29, 1.82) is 0 Å². The minimum absolute atomic E-state index is 0.334. The number of pyridine rings is 1. The summed E-state index contributed by atoms with van der Waals surface area (Å²) in [6.07, 6.45) is 0. The highest BCUT2D eigenvalue weighted by Crippen LogP contribution is 2.36. The molecular formula is C19H13BrN2O3. The van der Waals surface area contributed by atoms with E-state index in [4.69, 9.17) is 4.74 Å². The highest BCUT2D eigenvalue weighted by atomic mass is 79.9. The van der Waals surface area contributed by atoms with Gasteiger partial charge in [0.2, 0.25) is 0 Å². The molecule has 1 aromatic heterocycles. The Hall–Kier alpha value is -2.73. The number of carbonyl (C=O) groups is 2. The maximum Gasteiger partial charge on any atom is 0.268 e. The van der Waals surface area contributed by atoms with Gasteiger partial charge in [-0.2, -0.15) is 0 Å². The third-order valence-electron chi connectivity index (χ3n) is 4.31. The molecule has 4 rings (SSSR count). The molecule has 0 radical (unpaired) electrons. The van der Waals surface area contributed by atoms with Crippen molar-refractivity contribution in [3.63, 3.8) is 0 Å². The molecule has 1 aliphatic rings. The fourth-order valence-corrected chi connectivity index (χ4v) is 3.59. The number of ether oxygens (including phenoxy) is 1. The Morgan fingerprint density at radius 3 is 2.36 bits per heavy atom. The predicted octanol–water partition coefficient (Wildman–Crippen LogP) is 4.11. The Labute approximate surface area is 152 Å². The summed E-state index contributed by atoms with van der Waals surface area (Å²) >= 11 is 3.46. The molecule has 25 heavy (non-hydrogen) atoms. The number of fused-ring (bicyclic) bond motifs is 3. The number of rotatable bonds is 2. The van der Waals surface area contributed by atoms with Crippen LogP contribution in [-0.4, -0.2) is 23.9 Å². The Kier molecular flexibility index (Phi) is 3.58. The molecule has 0 atom stereocenters. The van der Waals surface area contributed by atoms with E-state index in [2.05, 4.69) is 20.9 Å². The summed E-state index contributed by atoms with van der Waals surface area (Å²) in [4.78, 5) is 31.7. The molecular weight excluding hydrogens is 384 g/mol. The molecule has 5 nitrogen and oxygen atoms in total. The van der Waals surface area contributed by atoms with Gasteiger partial charge in [-0.1, -0.05) is 12.1 Å². The van der Waals surface area contributed by atoms with Crippen LogP contribution in [0.5, 0.6) is 5.75 Å². The number of benzene rings is 2. The standard InChI is InChI=1S/C19H13BrN2O3/c1-10-15-16(13-4-3-5-14(20)17(13)21-10)19(24)22(18(15)23)11-6-8-12(25-2)9-7-11/h3-9H,1-2H3. The smallest absolute Gasteiger partial charge is 0.268 e. The number of nitrogens with zero attached hydrogens (tertiary/aromatic N) is 2. The molecule has 3 aromatic rings. The zero-order valence-electron chi connectivity index (χ0n) is 13.5. The zero-order chi connectivity index (χ0) is 17.7. The van der Waals surface area contributed by atoms with Crippen molar-refractivity contribution in [3.8, 4) is 5.75 Å². The van der Waals surface area contributed by atoms with Crippen LogP contribution in [0.15, 0.2) is 46.9 Å². The van der Waals surface area contributed by atoms with E-state index >= 15 is 0 Å². The number of para-hydroxylation sites is 1. The van der Waals surface area contributed by atoms with Crippen molar-refractivity contribution >= 4 is 44.3 Å². The number of aryl methyl sites for hydroxylation is 1. The van der Waals surface area contributed by atoms with E-state index < -0.39 is 0 Å². The second-order valence-corrected chi connectivity index (χ2v) is 6.58. The van der Waals surface area contributed by atoms with E-state index in [-0.39, 0.29) is 11.8 Å². The normalized spacial score (nSPS) is 13.5. The summed E-state index contributed by atoms with van der Waals surface area (Å²) < 4.78 is 5.92. The topological polar surface area (TPSA) is 59.5 Å². The van der Waals surface area contributed by atoms with Crippen LogP contribution in [-0.2, 0) is 0 Å². The van der Waals surface area contributed by atoms with E-state index in [0.29, 0.717) is 39.2 Å². The van der Waals surface area contributed by atoms with Gasteiger partial charge in [-0.3, -0.25) is 14.6 Å². The first-order chi connectivity index (χ1) is 12.0. The van der Waals surface area contributed by atoms with E-state index in [1.165, 1.54) is 4.90 Å². The van der Waals surface area contributed by atoms with Crippen molar-refractivity contribution < 1.29 is 14.3 Å². The number of aromatic nitrogens is 1. The minimum Gasteiger partial charge on any atom is -0.497 e. The first kappa shape index (κ1) is 15.8. The Morgan fingerprint density at radius 1 is 1.00 bits per heavy atom. The first-order valence-corrected chi connectivity index (χ1v) is 8.44. The molecule has 124 valence electrons. The lowest BCUT2D eigenvalue weighted by Gasteiger charge is -2.14. The molecule has 0 aliphatic carbocycles. The molecule has 0 fully saturated rings. The SMILES string of the molecule is COc1ccc(N2C(=O)c3c(C)nc4c(Br)cccc4c3C2=O)cc1. The molecule has 0 saturated heterocycles. The van der Waals surface area contributed by atoms with Crippen LogP contribution in [0.2, 0.25) is 0 Å². The van der Waals surface area contributed by atoms with E-state index in [1.807, 2.05) is 18.2 Å². The average Bonchev–Trinajstić information content (AvgIpc) is 2.88. The molecule has 2 heterocycles. The third-order valence-corrected chi connectivity index (χ3v) is 4.95. The lowest BCUT2D eigenvalue weighted by atomic mass is 10.0. The average molecular weight is 397 g/mol. The highest BCUT2D eigenvalue weighted by molar-refractivity contribution is 9.10. The van der Waals surface area contributed by atoms with Gasteiger partial charge in [-0.15, -0.1) is 0 Å². The van der Waals surface area contributed by atoms with Gasteiger partial charge < -0.3 is 4.74 Å². The molecule has 0 spiro atoms. The molecule has 0 saturated carbocycles. The first-order valence-electron chi connectivity index (χ1n) is 7.64. The second-order valence-electron chi connectivity index (χ2n) is 5.73. The maximum absolute atomic E-state index is 13.1. The largest absolute Gasteiger partial charge is 0.497 e. The molecule has 1 aliphatic heterocycles. The van der Waals surface area contributed by atoms with Crippen LogP contribution >= 0.6 is 15.9 Å². The summed E-state index contributed by atoms with van der Waals surface area (Å²) in [5, 5.41) is 0.671. The van der Waals surface area contributed by atoms with Gasteiger partial charge in [0.15, 0.2) is 0 Å².